The number of hydrogen-bond donors (Lipinski definition) is 0. The summed E-state index contributed by atoms with van der Waals surface area (Å²) >= 11 is 12.6. The highest BCUT2D eigenvalue weighted by molar-refractivity contribution is 6.35. The number of para-hydroxylation sites is 2. The molecule has 1 saturated carbocycles. The van der Waals surface area contributed by atoms with Gasteiger partial charge in [0.25, 0.3) is 5.82 Å². The number of nitrogens with zero attached hydrogens (tertiary/aromatic N) is 2. The lowest BCUT2D eigenvalue weighted by Crippen LogP contribution is -2.37. The number of carbonyl (C=O) groups excluding carboxylic acids is 1. The molecule has 0 radical (unpaired) electrons. The Labute approximate surface area is 200 Å². The van der Waals surface area contributed by atoms with Crippen LogP contribution in [0, 0.1) is 17.8 Å². The Hall–Kier alpha value is -2.04. The van der Waals surface area contributed by atoms with Crippen LogP contribution < -0.4 is 4.57 Å². The van der Waals surface area contributed by atoms with Crippen molar-refractivity contribution in [2.24, 2.45) is 24.8 Å². The van der Waals surface area contributed by atoms with Crippen molar-refractivity contribution in [2.75, 3.05) is 0 Å². The summed E-state index contributed by atoms with van der Waals surface area (Å²) in [4.78, 5) is 13.2. The molecule has 3 aromatic rings. The quantitative estimate of drug-likeness (QED) is 0.315. The number of halogens is 2. The molecule has 0 spiro atoms. The summed E-state index contributed by atoms with van der Waals surface area (Å²) < 4.78 is 10.2. The standard InChI is InChI=1S/C26H31Cl2N2O2/c1-16(2)21-10-9-17(3)11-24(21)32-25(31)15-30-23-8-6-5-7-22(23)29(4)26(30)18-12-19(27)14-20(28)13-18/h5-8,12-14,16-17,21,24H,9-11,15H2,1-4H3/q+1/t17-,21+,24-/m1/s1. The second-order valence-electron chi connectivity index (χ2n) is 9.47. The first-order chi connectivity index (χ1) is 15.2. The van der Waals surface area contributed by atoms with E-state index >= 15 is 0 Å². The maximum atomic E-state index is 13.2. The van der Waals surface area contributed by atoms with Gasteiger partial charge >= 0.3 is 5.97 Å². The Morgan fingerprint density at radius 3 is 2.53 bits per heavy atom. The van der Waals surface area contributed by atoms with Crippen molar-refractivity contribution in [3.05, 3.63) is 52.5 Å². The maximum Gasteiger partial charge on any atom is 0.348 e. The van der Waals surface area contributed by atoms with Crippen molar-refractivity contribution in [1.82, 2.24) is 4.57 Å². The average molecular weight is 474 g/mol. The molecule has 0 bridgehead atoms. The molecule has 170 valence electrons. The molecule has 0 aliphatic heterocycles. The fourth-order valence-corrected chi connectivity index (χ4v) is 5.69. The molecule has 1 fully saturated rings. The van der Waals surface area contributed by atoms with Crippen molar-refractivity contribution in [3.8, 4) is 11.4 Å². The average Bonchev–Trinajstić information content (AvgIpc) is 2.99. The lowest BCUT2D eigenvalue weighted by Gasteiger charge is -2.36. The van der Waals surface area contributed by atoms with Gasteiger partial charge in [0.1, 0.15) is 6.10 Å². The summed E-state index contributed by atoms with van der Waals surface area (Å²) in [6, 6.07) is 13.5. The fourth-order valence-electron chi connectivity index (χ4n) is 5.16. The summed E-state index contributed by atoms with van der Waals surface area (Å²) in [6.07, 6.45) is 3.23. The SMILES string of the molecule is CC(C)[C@@H]1CC[C@@H](C)C[C@H]1OC(=O)Cn1c(-c2cc(Cl)cc(Cl)c2)[n+](C)c2ccccc21. The number of aryl methyl sites for hydroxylation is 1. The highest BCUT2D eigenvalue weighted by atomic mass is 35.5. The summed E-state index contributed by atoms with van der Waals surface area (Å²) in [5.74, 6) is 2.15. The highest BCUT2D eigenvalue weighted by Gasteiger charge is 2.34. The van der Waals surface area contributed by atoms with E-state index in [1.54, 1.807) is 6.07 Å². The monoisotopic (exact) mass is 473 g/mol. The van der Waals surface area contributed by atoms with Crippen LogP contribution in [0.4, 0.5) is 0 Å². The molecular formula is C26H31Cl2N2O2+. The molecule has 4 rings (SSSR count). The third-order valence-corrected chi connectivity index (χ3v) is 7.20. The van der Waals surface area contributed by atoms with Gasteiger partial charge in [-0.2, -0.15) is 0 Å². The van der Waals surface area contributed by atoms with Crippen molar-refractivity contribution in [2.45, 2.75) is 52.7 Å². The van der Waals surface area contributed by atoms with Crippen molar-refractivity contribution in [1.29, 1.82) is 0 Å². The predicted octanol–water partition coefficient (Wildman–Crippen LogP) is 6.44. The molecule has 1 aliphatic carbocycles. The lowest BCUT2D eigenvalue weighted by atomic mass is 9.75. The van der Waals surface area contributed by atoms with E-state index in [0.29, 0.717) is 27.8 Å². The summed E-state index contributed by atoms with van der Waals surface area (Å²) in [5, 5.41) is 1.12. The minimum Gasteiger partial charge on any atom is -0.459 e. The van der Waals surface area contributed by atoms with Crippen LogP contribution in [0.3, 0.4) is 0 Å². The van der Waals surface area contributed by atoms with E-state index in [2.05, 4.69) is 25.3 Å². The summed E-state index contributed by atoms with van der Waals surface area (Å²) in [6.45, 7) is 6.83. The molecule has 2 aromatic carbocycles. The Morgan fingerprint density at radius 2 is 1.84 bits per heavy atom. The molecule has 0 N–H and O–H groups in total. The first kappa shape index (κ1) is 23.1. The summed E-state index contributed by atoms with van der Waals surface area (Å²) in [5.41, 5.74) is 2.86. The van der Waals surface area contributed by atoms with Gasteiger partial charge in [-0.3, -0.25) is 0 Å². The molecule has 4 nitrogen and oxygen atoms in total. The lowest BCUT2D eigenvalue weighted by molar-refractivity contribution is -0.634. The zero-order valence-electron chi connectivity index (χ0n) is 19.1. The van der Waals surface area contributed by atoms with Crippen LogP contribution >= 0.6 is 23.2 Å². The van der Waals surface area contributed by atoms with Crippen LogP contribution in [0.1, 0.15) is 40.0 Å². The van der Waals surface area contributed by atoms with Gasteiger partial charge in [0.2, 0.25) is 0 Å². The van der Waals surface area contributed by atoms with Gasteiger partial charge < -0.3 is 4.74 Å². The molecule has 0 unspecified atom stereocenters. The minimum atomic E-state index is -0.203. The number of ether oxygens (including phenoxy) is 1. The van der Waals surface area contributed by atoms with Crippen LogP contribution in [-0.4, -0.2) is 16.6 Å². The third-order valence-electron chi connectivity index (χ3n) is 6.76. The van der Waals surface area contributed by atoms with Gasteiger partial charge in [-0.05, 0) is 60.9 Å². The number of rotatable bonds is 5. The Kier molecular flexibility index (Phi) is 6.83. The normalized spacial score (nSPS) is 21.3. The van der Waals surface area contributed by atoms with Gasteiger partial charge in [-0.15, -0.1) is 0 Å². The number of imidazole rings is 1. The van der Waals surface area contributed by atoms with E-state index in [-0.39, 0.29) is 18.6 Å². The maximum absolute atomic E-state index is 13.2. The number of carbonyl (C=O) groups is 1. The zero-order valence-corrected chi connectivity index (χ0v) is 20.7. The number of esters is 1. The first-order valence-electron chi connectivity index (χ1n) is 11.4. The molecule has 6 heteroatoms. The van der Waals surface area contributed by atoms with Crippen LogP contribution in [0.2, 0.25) is 10.0 Å². The van der Waals surface area contributed by atoms with E-state index in [0.717, 1.165) is 35.3 Å². The Bertz CT molecular complexity index is 1120. The van der Waals surface area contributed by atoms with Gasteiger partial charge in [0.15, 0.2) is 17.6 Å². The fraction of sp³-hybridized carbons (Fsp3) is 0.462. The van der Waals surface area contributed by atoms with Crippen LogP contribution in [0.25, 0.3) is 22.4 Å². The highest BCUT2D eigenvalue weighted by Crippen LogP contribution is 2.36. The second-order valence-corrected chi connectivity index (χ2v) is 10.3. The van der Waals surface area contributed by atoms with Crippen molar-refractivity contribution >= 4 is 40.2 Å². The van der Waals surface area contributed by atoms with E-state index < -0.39 is 0 Å². The molecular weight excluding hydrogens is 443 g/mol. The summed E-state index contributed by atoms with van der Waals surface area (Å²) in [7, 11) is 1.99. The molecule has 1 aliphatic rings. The van der Waals surface area contributed by atoms with Crippen LogP contribution in [-0.2, 0) is 23.1 Å². The van der Waals surface area contributed by atoms with E-state index in [1.807, 2.05) is 48.0 Å². The van der Waals surface area contributed by atoms with Gasteiger partial charge in [-0.25, -0.2) is 13.9 Å². The first-order valence-corrected chi connectivity index (χ1v) is 12.1. The largest absolute Gasteiger partial charge is 0.459 e. The van der Waals surface area contributed by atoms with Gasteiger partial charge in [0.05, 0.1) is 12.6 Å². The van der Waals surface area contributed by atoms with E-state index in [9.17, 15) is 4.79 Å². The number of aromatic nitrogens is 2. The number of hydrogen-bond acceptors (Lipinski definition) is 2. The topological polar surface area (TPSA) is 35.1 Å². The molecule has 0 amide bonds. The van der Waals surface area contributed by atoms with Gasteiger partial charge in [0, 0.05) is 10.0 Å². The molecule has 3 atom stereocenters. The molecule has 1 heterocycles. The molecule has 32 heavy (non-hydrogen) atoms. The second kappa shape index (κ2) is 9.44. The molecule has 0 saturated heterocycles. The van der Waals surface area contributed by atoms with Gasteiger partial charge in [-0.1, -0.05) is 62.5 Å². The number of fused-ring (bicyclic) bond motifs is 1. The Morgan fingerprint density at radius 1 is 1.16 bits per heavy atom. The van der Waals surface area contributed by atoms with Crippen LogP contribution in [0.5, 0.6) is 0 Å². The van der Waals surface area contributed by atoms with Crippen LogP contribution in [0.15, 0.2) is 42.5 Å². The third kappa shape index (κ3) is 4.67. The zero-order chi connectivity index (χ0) is 23.0. The number of benzene rings is 2. The minimum absolute atomic E-state index is 0.0223. The smallest absolute Gasteiger partial charge is 0.348 e. The molecule has 1 aromatic heterocycles. The van der Waals surface area contributed by atoms with Crippen molar-refractivity contribution < 1.29 is 14.1 Å². The Balaban J connectivity index is 1.70. The van der Waals surface area contributed by atoms with E-state index in [1.165, 1.54) is 6.42 Å². The predicted molar refractivity (Wildman–Crippen MR) is 130 cm³/mol. The van der Waals surface area contributed by atoms with Crippen molar-refractivity contribution in [3.63, 3.8) is 0 Å². The van der Waals surface area contributed by atoms with E-state index in [4.69, 9.17) is 27.9 Å².